The van der Waals surface area contributed by atoms with Crippen molar-refractivity contribution in [1.82, 2.24) is 15.3 Å². The summed E-state index contributed by atoms with van der Waals surface area (Å²) in [6, 6.07) is 5.21. The SMILES string of the molecule is Fc1ccc2c(c1)C(NCc1cnccn1)CCS2. The second-order valence-electron chi connectivity index (χ2n) is 4.45. The topological polar surface area (TPSA) is 37.8 Å². The van der Waals surface area contributed by atoms with Crippen LogP contribution in [-0.2, 0) is 6.54 Å². The molecule has 2 aromatic rings. The summed E-state index contributed by atoms with van der Waals surface area (Å²) in [6.07, 6.45) is 6.09. The molecule has 1 unspecified atom stereocenters. The van der Waals surface area contributed by atoms with Gasteiger partial charge >= 0.3 is 0 Å². The van der Waals surface area contributed by atoms with Crippen LogP contribution in [0.15, 0.2) is 41.7 Å². The summed E-state index contributed by atoms with van der Waals surface area (Å²) in [4.78, 5) is 9.44. The van der Waals surface area contributed by atoms with E-state index in [9.17, 15) is 4.39 Å². The number of thioether (sulfide) groups is 1. The zero-order valence-electron chi connectivity index (χ0n) is 10.3. The maximum absolute atomic E-state index is 13.4. The molecule has 2 heterocycles. The second-order valence-corrected chi connectivity index (χ2v) is 5.59. The highest BCUT2D eigenvalue weighted by molar-refractivity contribution is 7.99. The van der Waals surface area contributed by atoms with Crippen molar-refractivity contribution in [3.05, 3.63) is 53.9 Å². The van der Waals surface area contributed by atoms with Crippen LogP contribution in [0.3, 0.4) is 0 Å². The lowest BCUT2D eigenvalue weighted by atomic mass is 10.0. The summed E-state index contributed by atoms with van der Waals surface area (Å²) >= 11 is 1.79. The van der Waals surface area contributed by atoms with E-state index in [-0.39, 0.29) is 11.9 Å². The lowest BCUT2D eigenvalue weighted by molar-refractivity contribution is 0.500. The predicted molar refractivity (Wildman–Crippen MR) is 73.4 cm³/mol. The number of hydrogen-bond acceptors (Lipinski definition) is 4. The van der Waals surface area contributed by atoms with Gasteiger partial charge in [0.05, 0.1) is 5.69 Å². The van der Waals surface area contributed by atoms with Gasteiger partial charge in [-0.15, -0.1) is 11.8 Å². The van der Waals surface area contributed by atoms with Crippen LogP contribution < -0.4 is 5.32 Å². The van der Waals surface area contributed by atoms with Gasteiger partial charge in [0.25, 0.3) is 0 Å². The van der Waals surface area contributed by atoms with Crippen LogP contribution in [-0.4, -0.2) is 15.7 Å². The van der Waals surface area contributed by atoms with Crippen LogP contribution in [0.5, 0.6) is 0 Å². The molecular formula is C14H14FN3S. The maximum atomic E-state index is 13.4. The number of benzene rings is 1. The summed E-state index contributed by atoms with van der Waals surface area (Å²) in [7, 11) is 0. The van der Waals surface area contributed by atoms with Crippen molar-refractivity contribution in [1.29, 1.82) is 0 Å². The molecule has 0 fully saturated rings. The molecule has 98 valence electrons. The number of fused-ring (bicyclic) bond motifs is 1. The normalized spacial score (nSPS) is 18.1. The van der Waals surface area contributed by atoms with Gasteiger partial charge in [0, 0.05) is 36.1 Å². The van der Waals surface area contributed by atoms with E-state index in [1.54, 1.807) is 36.4 Å². The molecule has 0 aliphatic carbocycles. The molecule has 0 radical (unpaired) electrons. The molecule has 0 saturated heterocycles. The number of rotatable bonds is 3. The minimum absolute atomic E-state index is 0.174. The predicted octanol–water partition coefficient (Wildman–Crippen LogP) is 2.94. The summed E-state index contributed by atoms with van der Waals surface area (Å²) in [5.41, 5.74) is 1.96. The highest BCUT2D eigenvalue weighted by Gasteiger charge is 2.20. The minimum atomic E-state index is -0.174. The number of halogens is 1. The molecule has 3 rings (SSSR count). The van der Waals surface area contributed by atoms with Gasteiger partial charge in [0.2, 0.25) is 0 Å². The van der Waals surface area contributed by atoms with Crippen molar-refractivity contribution in [3.8, 4) is 0 Å². The van der Waals surface area contributed by atoms with E-state index in [0.29, 0.717) is 6.54 Å². The summed E-state index contributed by atoms with van der Waals surface area (Å²) < 4.78 is 13.4. The van der Waals surface area contributed by atoms with Crippen molar-refractivity contribution in [3.63, 3.8) is 0 Å². The highest BCUT2D eigenvalue weighted by atomic mass is 32.2. The Hall–Kier alpha value is -1.46. The largest absolute Gasteiger partial charge is 0.304 e. The van der Waals surface area contributed by atoms with Crippen LogP contribution in [0.4, 0.5) is 4.39 Å². The van der Waals surface area contributed by atoms with Gasteiger partial charge in [-0.1, -0.05) is 0 Å². The van der Waals surface area contributed by atoms with Crippen LogP contribution in [0.25, 0.3) is 0 Å². The fourth-order valence-electron chi connectivity index (χ4n) is 2.23. The van der Waals surface area contributed by atoms with Gasteiger partial charge in [-0.25, -0.2) is 4.39 Å². The van der Waals surface area contributed by atoms with Crippen molar-refractivity contribution < 1.29 is 4.39 Å². The number of hydrogen-bond donors (Lipinski definition) is 1. The van der Waals surface area contributed by atoms with E-state index >= 15 is 0 Å². The first-order valence-corrected chi connectivity index (χ1v) is 7.22. The average Bonchev–Trinajstić information content (AvgIpc) is 2.46. The number of nitrogens with zero attached hydrogens (tertiary/aromatic N) is 2. The first kappa shape index (κ1) is 12.6. The van der Waals surface area contributed by atoms with E-state index < -0.39 is 0 Å². The molecule has 0 bridgehead atoms. The van der Waals surface area contributed by atoms with Crippen molar-refractivity contribution in [2.24, 2.45) is 0 Å². The summed E-state index contributed by atoms with van der Waals surface area (Å²) in [5, 5.41) is 3.44. The third-order valence-corrected chi connectivity index (χ3v) is 4.28. The van der Waals surface area contributed by atoms with Crippen LogP contribution in [0, 0.1) is 5.82 Å². The summed E-state index contributed by atoms with van der Waals surface area (Å²) in [6.45, 7) is 0.652. The molecule has 1 aliphatic rings. The van der Waals surface area contributed by atoms with Gasteiger partial charge in [0.15, 0.2) is 0 Å². The van der Waals surface area contributed by atoms with Gasteiger partial charge in [-0.2, -0.15) is 0 Å². The van der Waals surface area contributed by atoms with E-state index in [1.165, 1.54) is 11.0 Å². The molecule has 0 saturated carbocycles. The standard InChI is InChI=1S/C14H14FN3S/c15-10-1-2-14-12(7-10)13(3-6-19-14)18-9-11-8-16-4-5-17-11/h1-2,4-5,7-8,13,18H,3,6,9H2. The van der Waals surface area contributed by atoms with Crippen LogP contribution >= 0.6 is 11.8 Å². The first-order chi connectivity index (χ1) is 9.33. The maximum Gasteiger partial charge on any atom is 0.123 e. The quantitative estimate of drug-likeness (QED) is 0.934. The molecule has 0 amide bonds. The van der Waals surface area contributed by atoms with Gasteiger partial charge < -0.3 is 5.32 Å². The molecule has 1 aliphatic heterocycles. The van der Waals surface area contributed by atoms with Crippen LogP contribution in [0.1, 0.15) is 23.7 Å². The molecule has 5 heteroatoms. The van der Waals surface area contributed by atoms with Gasteiger partial charge in [-0.05, 0) is 35.9 Å². The molecule has 1 aromatic carbocycles. The number of aromatic nitrogens is 2. The summed E-state index contributed by atoms with van der Waals surface area (Å²) in [5.74, 6) is 0.879. The van der Waals surface area contributed by atoms with Crippen molar-refractivity contribution in [2.75, 3.05) is 5.75 Å². The van der Waals surface area contributed by atoms with E-state index in [0.717, 1.165) is 23.4 Å². The fraction of sp³-hybridized carbons (Fsp3) is 0.286. The molecule has 3 nitrogen and oxygen atoms in total. The average molecular weight is 275 g/mol. The monoisotopic (exact) mass is 275 g/mol. The molecule has 1 aromatic heterocycles. The van der Waals surface area contributed by atoms with Gasteiger partial charge in [-0.3, -0.25) is 9.97 Å². The van der Waals surface area contributed by atoms with E-state index in [4.69, 9.17) is 0 Å². The molecule has 19 heavy (non-hydrogen) atoms. The van der Waals surface area contributed by atoms with Gasteiger partial charge in [0.1, 0.15) is 5.82 Å². The lowest BCUT2D eigenvalue weighted by Crippen LogP contribution is -2.24. The highest BCUT2D eigenvalue weighted by Crippen LogP contribution is 2.36. The van der Waals surface area contributed by atoms with Crippen LogP contribution in [0.2, 0.25) is 0 Å². The minimum Gasteiger partial charge on any atom is -0.304 e. The zero-order valence-corrected chi connectivity index (χ0v) is 11.2. The Morgan fingerprint density at radius 1 is 1.37 bits per heavy atom. The number of nitrogens with one attached hydrogen (secondary N) is 1. The fourth-order valence-corrected chi connectivity index (χ4v) is 3.33. The Bertz CT molecular complexity index is 562. The van der Waals surface area contributed by atoms with E-state index in [2.05, 4.69) is 15.3 Å². The third-order valence-electron chi connectivity index (χ3n) is 3.16. The Morgan fingerprint density at radius 2 is 2.32 bits per heavy atom. The first-order valence-electron chi connectivity index (χ1n) is 6.23. The molecule has 0 spiro atoms. The van der Waals surface area contributed by atoms with Crippen molar-refractivity contribution in [2.45, 2.75) is 23.9 Å². The smallest absolute Gasteiger partial charge is 0.123 e. The molecule has 1 N–H and O–H groups in total. The molecular weight excluding hydrogens is 261 g/mol. The Kier molecular flexibility index (Phi) is 3.75. The lowest BCUT2D eigenvalue weighted by Gasteiger charge is -2.26. The Labute approximate surface area is 115 Å². The zero-order chi connectivity index (χ0) is 13.1. The third kappa shape index (κ3) is 2.93. The van der Waals surface area contributed by atoms with Crippen molar-refractivity contribution >= 4 is 11.8 Å². The Morgan fingerprint density at radius 3 is 3.16 bits per heavy atom. The Balaban J connectivity index is 1.75. The van der Waals surface area contributed by atoms with E-state index in [1.807, 2.05) is 6.07 Å². The second kappa shape index (κ2) is 5.67. The molecule has 1 atom stereocenters.